The smallest absolute Gasteiger partial charge is 0.227 e. The minimum atomic E-state index is 0. The van der Waals surface area contributed by atoms with Crippen LogP contribution < -0.4 is 20.3 Å². The van der Waals surface area contributed by atoms with Crippen molar-refractivity contribution in [2.45, 2.75) is 39.3 Å². The Balaban J connectivity index is 0.00000300. The Morgan fingerprint density at radius 1 is 1.14 bits per heavy atom. The highest BCUT2D eigenvalue weighted by atomic mass is 127. The second-order valence-corrected chi connectivity index (χ2v) is 7.06. The van der Waals surface area contributed by atoms with Crippen molar-refractivity contribution >= 4 is 47.2 Å². The van der Waals surface area contributed by atoms with Crippen LogP contribution in [-0.4, -0.2) is 31.6 Å². The van der Waals surface area contributed by atoms with Gasteiger partial charge in [0.15, 0.2) is 5.96 Å². The zero-order valence-corrected chi connectivity index (χ0v) is 19.5. The number of guanidine groups is 1. The Kier molecular flexibility index (Phi) is 8.75. The third-order valence-electron chi connectivity index (χ3n) is 4.49. The lowest BCUT2D eigenvalue weighted by Gasteiger charge is -2.16. The van der Waals surface area contributed by atoms with E-state index in [0.29, 0.717) is 18.9 Å². The van der Waals surface area contributed by atoms with Gasteiger partial charge in [-0.05, 0) is 62.2 Å². The molecule has 0 saturated carbocycles. The Morgan fingerprint density at radius 3 is 2.38 bits per heavy atom. The number of carbonyl (C=O) groups excluding carboxylic acids is 1. The summed E-state index contributed by atoms with van der Waals surface area (Å²) in [5.74, 6) is 1.75. The third-order valence-corrected chi connectivity index (χ3v) is 4.49. The highest BCUT2D eigenvalue weighted by molar-refractivity contribution is 14.0. The van der Waals surface area contributed by atoms with Crippen LogP contribution in [0.1, 0.15) is 32.3 Å². The van der Waals surface area contributed by atoms with Crippen molar-refractivity contribution in [2.24, 2.45) is 4.99 Å². The van der Waals surface area contributed by atoms with Crippen molar-refractivity contribution in [2.75, 3.05) is 23.8 Å². The highest BCUT2D eigenvalue weighted by Crippen LogP contribution is 2.21. The van der Waals surface area contributed by atoms with Crippen molar-refractivity contribution in [1.82, 2.24) is 5.32 Å². The average molecular weight is 508 g/mol. The summed E-state index contributed by atoms with van der Waals surface area (Å²) >= 11 is 0. The van der Waals surface area contributed by atoms with Gasteiger partial charge in [0.05, 0.1) is 6.10 Å². The lowest BCUT2D eigenvalue weighted by atomic mass is 10.2. The minimum Gasteiger partial charge on any atom is -0.491 e. The highest BCUT2D eigenvalue weighted by Gasteiger charge is 2.21. The molecule has 0 bridgehead atoms. The summed E-state index contributed by atoms with van der Waals surface area (Å²) in [6.45, 7) is 5.47. The molecule has 0 spiro atoms. The van der Waals surface area contributed by atoms with E-state index < -0.39 is 0 Å². The number of rotatable bonds is 6. The zero-order chi connectivity index (χ0) is 19.9. The van der Waals surface area contributed by atoms with E-state index in [1.54, 1.807) is 7.05 Å². The van der Waals surface area contributed by atoms with Crippen LogP contribution in [0.2, 0.25) is 0 Å². The Morgan fingerprint density at radius 2 is 1.83 bits per heavy atom. The molecule has 2 aromatic carbocycles. The Bertz CT molecular complexity index is 820. The summed E-state index contributed by atoms with van der Waals surface area (Å²) < 4.78 is 5.66. The maximum Gasteiger partial charge on any atom is 0.227 e. The van der Waals surface area contributed by atoms with Gasteiger partial charge in [-0.2, -0.15) is 0 Å². The molecule has 29 heavy (non-hydrogen) atoms. The minimum absolute atomic E-state index is 0. The Labute approximate surface area is 189 Å². The van der Waals surface area contributed by atoms with Crippen molar-refractivity contribution in [3.05, 3.63) is 54.1 Å². The summed E-state index contributed by atoms with van der Waals surface area (Å²) in [7, 11) is 1.74. The molecule has 2 N–H and O–H groups in total. The number of halogens is 1. The summed E-state index contributed by atoms with van der Waals surface area (Å²) in [4.78, 5) is 18.0. The number of ether oxygens (including phenoxy) is 1. The van der Waals surface area contributed by atoms with Crippen LogP contribution in [0.25, 0.3) is 0 Å². The maximum absolute atomic E-state index is 11.8. The van der Waals surface area contributed by atoms with Crippen molar-refractivity contribution in [1.29, 1.82) is 0 Å². The molecule has 6 nitrogen and oxygen atoms in total. The number of aliphatic imine (C=N–C) groups is 1. The molecule has 0 aliphatic carbocycles. The number of benzene rings is 2. The number of carbonyl (C=O) groups is 1. The van der Waals surface area contributed by atoms with E-state index in [1.807, 2.05) is 67.3 Å². The predicted octanol–water partition coefficient (Wildman–Crippen LogP) is 4.41. The van der Waals surface area contributed by atoms with Gasteiger partial charge in [0, 0.05) is 37.9 Å². The lowest BCUT2D eigenvalue weighted by molar-refractivity contribution is -0.117. The third kappa shape index (κ3) is 6.62. The second kappa shape index (κ2) is 11.0. The van der Waals surface area contributed by atoms with Gasteiger partial charge in [-0.15, -0.1) is 24.0 Å². The van der Waals surface area contributed by atoms with Gasteiger partial charge in [-0.25, -0.2) is 0 Å². The molecule has 3 rings (SSSR count). The van der Waals surface area contributed by atoms with Crippen molar-refractivity contribution in [3.63, 3.8) is 0 Å². The molecule has 1 aliphatic rings. The van der Waals surface area contributed by atoms with Crippen LogP contribution in [0, 0.1) is 0 Å². The van der Waals surface area contributed by atoms with Crippen molar-refractivity contribution in [3.8, 4) is 5.75 Å². The van der Waals surface area contributed by atoms with Crippen LogP contribution in [-0.2, 0) is 11.3 Å². The van der Waals surface area contributed by atoms with Crippen LogP contribution in [0.4, 0.5) is 11.4 Å². The molecule has 1 saturated heterocycles. The van der Waals surface area contributed by atoms with Crippen molar-refractivity contribution < 1.29 is 9.53 Å². The van der Waals surface area contributed by atoms with Gasteiger partial charge in [0.25, 0.3) is 0 Å². The number of anilines is 2. The van der Waals surface area contributed by atoms with E-state index in [1.165, 1.54) is 0 Å². The SMILES string of the molecule is CN=C(NCc1ccc(N2CCCC2=O)cc1)Nc1ccc(OC(C)C)cc1.I. The number of hydrogen-bond acceptors (Lipinski definition) is 3. The van der Waals surface area contributed by atoms with Crippen LogP contribution in [0.3, 0.4) is 0 Å². The summed E-state index contributed by atoms with van der Waals surface area (Å²) in [6, 6.07) is 15.9. The Hall–Kier alpha value is -2.29. The van der Waals surface area contributed by atoms with Crippen LogP contribution in [0.15, 0.2) is 53.5 Å². The topological polar surface area (TPSA) is 66.0 Å². The summed E-state index contributed by atoms with van der Waals surface area (Å²) in [5, 5.41) is 6.58. The maximum atomic E-state index is 11.8. The molecule has 7 heteroatoms. The predicted molar refractivity (Wildman–Crippen MR) is 129 cm³/mol. The van der Waals surface area contributed by atoms with Crippen LogP contribution >= 0.6 is 24.0 Å². The van der Waals surface area contributed by atoms with E-state index in [9.17, 15) is 4.79 Å². The molecule has 0 radical (unpaired) electrons. The largest absolute Gasteiger partial charge is 0.491 e. The molecule has 0 atom stereocenters. The standard InChI is InChI=1S/C22H28N4O2.HI/c1-16(2)28-20-12-8-18(9-13-20)25-22(23-3)24-15-17-6-10-19(11-7-17)26-14-4-5-21(26)27;/h6-13,16H,4-5,14-15H2,1-3H3,(H2,23,24,25);1H. The molecule has 1 aliphatic heterocycles. The monoisotopic (exact) mass is 508 g/mol. The first-order chi connectivity index (χ1) is 13.5. The van der Waals surface area contributed by atoms with E-state index >= 15 is 0 Å². The number of amides is 1. The summed E-state index contributed by atoms with van der Waals surface area (Å²) in [5.41, 5.74) is 3.03. The van der Waals surface area contributed by atoms with Gasteiger partial charge in [0.1, 0.15) is 5.75 Å². The van der Waals surface area contributed by atoms with E-state index in [0.717, 1.165) is 35.7 Å². The molecule has 0 aromatic heterocycles. The van der Waals surface area contributed by atoms with Crippen LogP contribution in [0.5, 0.6) is 5.75 Å². The molecular formula is C22H29IN4O2. The van der Waals surface area contributed by atoms with E-state index in [-0.39, 0.29) is 36.0 Å². The second-order valence-electron chi connectivity index (χ2n) is 7.06. The zero-order valence-electron chi connectivity index (χ0n) is 17.1. The molecule has 1 heterocycles. The fourth-order valence-electron chi connectivity index (χ4n) is 3.11. The lowest BCUT2D eigenvalue weighted by Crippen LogP contribution is -2.30. The molecule has 156 valence electrons. The first kappa shape index (κ1) is 23.0. The first-order valence-corrected chi connectivity index (χ1v) is 9.69. The summed E-state index contributed by atoms with van der Waals surface area (Å²) in [6.07, 6.45) is 1.74. The van der Waals surface area contributed by atoms with Gasteiger partial charge >= 0.3 is 0 Å². The molecule has 2 aromatic rings. The van der Waals surface area contributed by atoms with Gasteiger partial charge < -0.3 is 20.3 Å². The molecular weight excluding hydrogens is 479 g/mol. The van der Waals surface area contributed by atoms with Gasteiger partial charge in [-0.1, -0.05) is 12.1 Å². The van der Waals surface area contributed by atoms with Gasteiger partial charge in [0.2, 0.25) is 5.91 Å². The quantitative estimate of drug-likeness (QED) is 0.345. The molecule has 1 amide bonds. The average Bonchev–Trinajstić information content (AvgIpc) is 3.12. The van der Waals surface area contributed by atoms with E-state index in [2.05, 4.69) is 15.6 Å². The normalized spacial score (nSPS) is 14.0. The first-order valence-electron chi connectivity index (χ1n) is 9.69. The number of nitrogens with zero attached hydrogens (tertiary/aromatic N) is 2. The molecule has 0 unspecified atom stereocenters. The van der Waals surface area contributed by atoms with E-state index in [4.69, 9.17) is 4.74 Å². The molecule has 1 fully saturated rings. The number of nitrogens with one attached hydrogen (secondary N) is 2. The van der Waals surface area contributed by atoms with Gasteiger partial charge in [-0.3, -0.25) is 9.79 Å². The number of hydrogen-bond donors (Lipinski definition) is 2. The fourth-order valence-corrected chi connectivity index (χ4v) is 3.11. The fraction of sp³-hybridized carbons (Fsp3) is 0.364.